The summed E-state index contributed by atoms with van der Waals surface area (Å²) >= 11 is 1.28. The predicted octanol–water partition coefficient (Wildman–Crippen LogP) is 1.53. The maximum atomic E-state index is 11.8. The minimum absolute atomic E-state index is 0.337. The minimum atomic E-state index is -0.482. The molecule has 2 N–H and O–H groups in total. The van der Waals surface area contributed by atoms with Crippen LogP contribution in [-0.2, 0) is 9.53 Å². The Balaban J connectivity index is 2.38. The van der Waals surface area contributed by atoms with E-state index in [1.165, 1.54) is 18.4 Å². The maximum absolute atomic E-state index is 11.8. The van der Waals surface area contributed by atoms with Crippen molar-refractivity contribution in [2.45, 2.75) is 0 Å². The molecule has 0 aliphatic rings. The summed E-state index contributed by atoms with van der Waals surface area (Å²) in [4.78, 5) is 26.5. The Hall–Kier alpha value is -2.48. The average molecular weight is 276 g/mol. The lowest BCUT2D eigenvalue weighted by Crippen LogP contribution is -2.02. The second kappa shape index (κ2) is 4.32. The highest BCUT2D eigenvalue weighted by molar-refractivity contribution is 7.23. The number of methoxy groups -OCH3 is 1. The van der Waals surface area contributed by atoms with Gasteiger partial charge < -0.3 is 10.1 Å². The first-order chi connectivity index (χ1) is 9.24. The highest BCUT2D eigenvalue weighted by Gasteiger charge is 2.18. The van der Waals surface area contributed by atoms with Crippen molar-refractivity contribution in [3.05, 3.63) is 17.8 Å². The van der Waals surface area contributed by atoms with Crippen molar-refractivity contribution in [2.24, 2.45) is 0 Å². The maximum Gasteiger partial charge on any atom is 0.340 e. The molecule has 8 heteroatoms. The highest BCUT2D eigenvalue weighted by atomic mass is 32.1. The van der Waals surface area contributed by atoms with Crippen molar-refractivity contribution >= 4 is 50.0 Å². The fraction of sp³-hybridized carbons (Fsp3) is 0.0909. The van der Waals surface area contributed by atoms with Crippen LogP contribution in [0, 0.1) is 0 Å². The number of esters is 1. The van der Waals surface area contributed by atoms with Crippen LogP contribution in [0.5, 0.6) is 0 Å². The zero-order chi connectivity index (χ0) is 13.4. The Kier molecular flexibility index (Phi) is 2.64. The number of fused-ring (bicyclic) bond motifs is 3. The first-order valence-corrected chi connectivity index (χ1v) is 6.11. The smallest absolute Gasteiger partial charge is 0.340 e. The third-order valence-corrected chi connectivity index (χ3v) is 3.69. The van der Waals surface area contributed by atoms with Crippen molar-refractivity contribution in [3.63, 3.8) is 0 Å². The Morgan fingerprint density at radius 1 is 1.58 bits per heavy atom. The van der Waals surface area contributed by atoms with Crippen LogP contribution in [0.15, 0.2) is 12.3 Å². The van der Waals surface area contributed by atoms with Gasteiger partial charge in [-0.15, -0.1) is 0 Å². The van der Waals surface area contributed by atoms with E-state index in [1.807, 2.05) is 0 Å². The number of carbonyl (C=O) groups excluding carboxylic acids is 2. The highest BCUT2D eigenvalue weighted by Crippen LogP contribution is 2.34. The molecule has 7 nitrogen and oxygen atoms in total. The molecule has 1 amide bonds. The molecule has 0 unspecified atom stereocenters. The van der Waals surface area contributed by atoms with Gasteiger partial charge in [-0.3, -0.25) is 9.89 Å². The van der Waals surface area contributed by atoms with E-state index in [0.29, 0.717) is 28.1 Å². The monoisotopic (exact) mass is 276 g/mol. The number of hydrogen-bond donors (Lipinski definition) is 2. The standard InChI is InChI=1S/C11H8N4O3S/c1-18-10(17)5-2-7-6(3-13-15-7)9-8(5)14-11(19-9)12-4-16/h2-4H,1H3,(H,13,15)(H,12,14,16). The van der Waals surface area contributed by atoms with Crippen molar-refractivity contribution in [3.8, 4) is 0 Å². The second-order valence-corrected chi connectivity index (χ2v) is 4.70. The molecule has 1 aromatic carbocycles. The van der Waals surface area contributed by atoms with E-state index >= 15 is 0 Å². The van der Waals surface area contributed by atoms with Gasteiger partial charge in [0, 0.05) is 5.39 Å². The summed E-state index contributed by atoms with van der Waals surface area (Å²) in [6.45, 7) is 0. The van der Waals surface area contributed by atoms with E-state index in [1.54, 1.807) is 12.3 Å². The van der Waals surface area contributed by atoms with Crippen LogP contribution < -0.4 is 5.32 Å². The first-order valence-electron chi connectivity index (χ1n) is 5.29. The molecule has 96 valence electrons. The summed E-state index contributed by atoms with van der Waals surface area (Å²) < 4.78 is 5.51. The molecule has 19 heavy (non-hydrogen) atoms. The Morgan fingerprint density at radius 2 is 2.42 bits per heavy atom. The van der Waals surface area contributed by atoms with Crippen molar-refractivity contribution < 1.29 is 14.3 Å². The average Bonchev–Trinajstić information content (AvgIpc) is 3.02. The summed E-state index contributed by atoms with van der Waals surface area (Å²) in [7, 11) is 1.31. The number of nitrogens with one attached hydrogen (secondary N) is 2. The number of anilines is 1. The molecule has 0 fully saturated rings. The number of rotatable bonds is 3. The van der Waals surface area contributed by atoms with Gasteiger partial charge in [-0.05, 0) is 6.07 Å². The van der Waals surface area contributed by atoms with Crippen molar-refractivity contribution in [2.75, 3.05) is 12.4 Å². The molecular formula is C11H8N4O3S. The van der Waals surface area contributed by atoms with Gasteiger partial charge in [0.05, 0.1) is 34.6 Å². The van der Waals surface area contributed by atoms with Gasteiger partial charge in [0.15, 0.2) is 5.13 Å². The van der Waals surface area contributed by atoms with Crippen LogP contribution in [0.4, 0.5) is 5.13 Å². The molecule has 0 aliphatic heterocycles. The van der Waals surface area contributed by atoms with Crippen LogP contribution in [-0.4, -0.2) is 34.7 Å². The number of nitrogens with zero attached hydrogens (tertiary/aromatic N) is 2. The third kappa shape index (κ3) is 1.73. The molecular weight excluding hydrogens is 268 g/mol. The predicted molar refractivity (Wildman–Crippen MR) is 70.3 cm³/mol. The van der Waals surface area contributed by atoms with Gasteiger partial charge in [-0.25, -0.2) is 9.78 Å². The summed E-state index contributed by atoms with van der Waals surface area (Å²) in [6, 6.07) is 1.64. The first kappa shape index (κ1) is 11.6. The van der Waals surface area contributed by atoms with Crippen LogP contribution >= 0.6 is 11.3 Å². The molecule has 0 atom stereocenters. The van der Waals surface area contributed by atoms with Crippen molar-refractivity contribution in [1.29, 1.82) is 0 Å². The number of aromatic amines is 1. The number of aromatic nitrogens is 3. The van der Waals surface area contributed by atoms with E-state index < -0.39 is 5.97 Å². The topological polar surface area (TPSA) is 97.0 Å². The molecule has 2 heterocycles. The molecule has 0 spiro atoms. The Morgan fingerprint density at radius 3 is 3.16 bits per heavy atom. The number of ether oxygens (including phenoxy) is 1. The molecule has 0 saturated heterocycles. The fourth-order valence-corrected chi connectivity index (χ4v) is 2.82. The van der Waals surface area contributed by atoms with Crippen LogP contribution in [0.25, 0.3) is 21.1 Å². The van der Waals surface area contributed by atoms with Gasteiger partial charge in [-0.2, -0.15) is 5.10 Å². The number of H-pyrrole nitrogens is 1. The lowest BCUT2D eigenvalue weighted by atomic mass is 10.1. The normalized spacial score (nSPS) is 10.8. The number of thiazole rings is 1. The Labute approximate surface area is 110 Å². The summed E-state index contributed by atoms with van der Waals surface area (Å²) in [5, 5.41) is 10.5. The van der Waals surface area contributed by atoms with Crippen LogP contribution in [0.2, 0.25) is 0 Å². The van der Waals surface area contributed by atoms with E-state index in [9.17, 15) is 9.59 Å². The molecule has 0 radical (unpaired) electrons. The third-order valence-electron chi connectivity index (χ3n) is 2.67. The quantitative estimate of drug-likeness (QED) is 0.558. The number of benzene rings is 1. The molecule has 2 aromatic heterocycles. The number of amides is 1. The molecule has 0 bridgehead atoms. The lowest BCUT2D eigenvalue weighted by Gasteiger charge is -2.00. The number of carbonyl (C=O) groups is 2. The van der Waals surface area contributed by atoms with Crippen LogP contribution in [0.3, 0.4) is 0 Å². The summed E-state index contributed by atoms with van der Waals surface area (Å²) in [5.74, 6) is -0.482. The zero-order valence-corrected chi connectivity index (χ0v) is 10.6. The van der Waals surface area contributed by atoms with Crippen molar-refractivity contribution in [1.82, 2.24) is 15.2 Å². The van der Waals surface area contributed by atoms with E-state index in [2.05, 4.69) is 20.5 Å². The molecule has 0 saturated carbocycles. The second-order valence-electron chi connectivity index (χ2n) is 3.71. The van der Waals surface area contributed by atoms with Crippen LogP contribution in [0.1, 0.15) is 10.4 Å². The zero-order valence-electron chi connectivity index (χ0n) is 9.76. The SMILES string of the molecule is COC(=O)c1cc2[nH]ncc2c2sc(NC=O)nc12. The summed E-state index contributed by atoms with van der Waals surface area (Å²) in [6.07, 6.45) is 2.20. The van der Waals surface area contributed by atoms with E-state index in [4.69, 9.17) is 4.74 Å². The largest absolute Gasteiger partial charge is 0.465 e. The van der Waals surface area contributed by atoms with Gasteiger partial charge >= 0.3 is 5.97 Å². The summed E-state index contributed by atoms with van der Waals surface area (Å²) in [5.41, 5.74) is 1.55. The molecule has 3 aromatic rings. The number of hydrogen-bond acceptors (Lipinski definition) is 6. The Bertz CT molecular complexity index is 792. The molecule has 3 rings (SSSR count). The molecule has 0 aliphatic carbocycles. The van der Waals surface area contributed by atoms with Gasteiger partial charge in [0.2, 0.25) is 6.41 Å². The van der Waals surface area contributed by atoms with E-state index in [0.717, 1.165) is 10.1 Å². The minimum Gasteiger partial charge on any atom is -0.465 e. The van der Waals surface area contributed by atoms with E-state index in [-0.39, 0.29) is 0 Å². The van der Waals surface area contributed by atoms with Gasteiger partial charge in [0.25, 0.3) is 0 Å². The van der Waals surface area contributed by atoms with Gasteiger partial charge in [-0.1, -0.05) is 11.3 Å². The fourth-order valence-electron chi connectivity index (χ4n) is 1.86. The van der Waals surface area contributed by atoms with Gasteiger partial charge in [0.1, 0.15) is 0 Å². The lowest BCUT2D eigenvalue weighted by molar-refractivity contribution is -0.105.